The Kier molecular flexibility index (Phi) is 3.44. The first-order valence-electron chi connectivity index (χ1n) is 5.14. The molecule has 17 heavy (non-hydrogen) atoms. The fourth-order valence-electron chi connectivity index (χ4n) is 1.41. The summed E-state index contributed by atoms with van der Waals surface area (Å²) in [6, 6.07) is 12.5. The van der Waals surface area contributed by atoms with E-state index < -0.39 is 9.84 Å². The molecule has 0 atom stereocenters. The molecule has 0 fully saturated rings. The van der Waals surface area contributed by atoms with Gasteiger partial charge in [0.25, 0.3) is 0 Å². The van der Waals surface area contributed by atoms with Crippen molar-refractivity contribution >= 4 is 15.9 Å². The van der Waals surface area contributed by atoms with Gasteiger partial charge >= 0.3 is 0 Å². The average molecular weight is 248 g/mol. The van der Waals surface area contributed by atoms with E-state index in [0.29, 0.717) is 5.76 Å². The second-order valence-corrected chi connectivity index (χ2v) is 5.50. The fourth-order valence-corrected chi connectivity index (χ4v) is 2.51. The molecule has 0 amide bonds. The predicted molar refractivity (Wildman–Crippen MR) is 66.8 cm³/mol. The van der Waals surface area contributed by atoms with Crippen molar-refractivity contribution in [2.75, 3.05) is 0 Å². The molecular formula is C13H12O3S. The Hall–Kier alpha value is -1.81. The molecular weight excluding hydrogens is 236 g/mol. The molecule has 0 bridgehead atoms. The van der Waals surface area contributed by atoms with Crippen LogP contribution in [-0.2, 0) is 15.6 Å². The first kappa shape index (κ1) is 11.7. The third-order valence-corrected chi connectivity index (χ3v) is 3.48. The van der Waals surface area contributed by atoms with Crippen LogP contribution in [0.2, 0.25) is 0 Å². The van der Waals surface area contributed by atoms with Crippen LogP contribution in [-0.4, -0.2) is 8.42 Å². The minimum atomic E-state index is -3.25. The lowest BCUT2D eigenvalue weighted by Crippen LogP contribution is -1.99. The van der Waals surface area contributed by atoms with E-state index in [1.165, 1.54) is 17.7 Å². The normalized spacial score (nSPS) is 12.0. The zero-order valence-electron chi connectivity index (χ0n) is 9.11. The summed E-state index contributed by atoms with van der Waals surface area (Å²) in [4.78, 5) is 0. The lowest BCUT2D eigenvalue weighted by Gasteiger charge is -1.98. The third-order valence-electron chi connectivity index (χ3n) is 2.19. The predicted octanol–water partition coefficient (Wildman–Crippen LogP) is 2.87. The smallest absolute Gasteiger partial charge is 0.175 e. The van der Waals surface area contributed by atoms with Gasteiger partial charge in [-0.1, -0.05) is 30.3 Å². The highest BCUT2D eigenvalue weighted by Crippen LogP contribution is 2.10. The molecule has 0 spiro atoms. The molecule has 0 aliphatic carbocycles. The quantitative estimate of drug-likeness (QED) is 0.835. The van der Waals surface area contributed by atoms with E-state index in [0.717, 1.165) is 5.56 Å². The number of furan rings is 1. The van der Waals surface area contributed by atoms with Gasteiger partial charge in [0.2, 0.25) is 0 Å². The number of hydrogen-bond donors (Lipinski definition) is 0. The first-order chi connectivity index (χ1) is 8.16. The second kappa shape index (κ2) is 5.01. The maximum absolute atomic E-state index is 11.8. The Morgan fingerprint density at radius 1 is 1.06 bits per heavy atom. The van der Waals surface area contributed by atoms with Gasteiger partial charge in [0.1, 0.15) is 5.76 Å². The number of sulfone groups is 1. The topological polar surface area (TPSA) is 47.3 Å². The SMILES string of the molecule is O=S(=O)(/C=C/c1ccco1)Cc1ccccc1. The minimum Gasteiger partial charge on any atom is -0.465 e. The van der Waals surface area contributed by atoms with Crippen LogP contribution in [0.1, 0.15) is 11.3 Å². The van der Waals surface area contributed by atoms with Gasteiger partial charge in [0.15, 0.2) is 9.84 Å². The molecule has 1 aromatic heterocycles. The molecule has 2 aromatic rings. The lowest BCUT2D eigenvalue weighted by molar-refractivity contribution is 0.557. The Morgan fingerprint density at radius 3 is 2.47 bits per heavy atom. The molecule has 0 saturated heterocycles. The van der Waals surface area contributed by atoms with Crippen molar-refractivity contribution in [1.82, 2.24) is 0 Å². The van der Waals surface area contributed by atoms with Crippen LogP contribution >= 0.6 is 0 Å². The van der Waals surface area contributed by atoms with E-state index in [1.807, 2.05) is 18.2 Å². The maximum Gasteiger partial charge on any atom is 0.175 e. The van der Waals surface area contributed by atoms with Crippen LogP contribution in [0, 0.1) is 0 Å². The zero-order valence-corrected chi connectivity index (χ0v) is 9.93. The summed E-state index contributed by atoms with van der Waals surface area (Å²) in [6.45, 7) is 0. The fraction of sp³-hybridized carbons (Fsp3) is 0.0769. The standard InChI is InChI=1S/C13H12O3S/c14-17(15,10-8-13-7-4-9-16-13)11-12-5-2-1-3-6-12/h1-10H,11H2/b10-8+. The number of hydrogen-bond acceptors (Lipinski definition) is 3. The van der Waals surface area contributed by atoms with E-state index in [2.05, 4.69) is 0 Å². The molecule has 0 N–H and O–H groups in total. The molecule has 0 saturated carbocycles. The van der Waals surface area contributed by atoms with Crippen LogP contribution in [0.4, 0.5) is 0 Å². The molecule has 2 rings (SSSR count). The molecule has 3 nitrogen and oxygen atoms in total. The maximum atomic E-state index is 11.8. The molecule has 0 unspecified atom stereocenters. The number of rotatable bonds is 4. The highest BCUT2D eigenvalue weighted by Gasteiger charge is 2.07. The third kappa shape index (κ3) is 3.60. The van der Waals surface area contributed by atoms with Gasteiger partial charge < -0.3 is 4.42 Å². The number of benzene rings is 1. The van der Waals surface area contributed by atoms with Crippen molar-refractivity contribution in [3.8, 4) is 0 Å². The van der Waals surface area contributed by atoms with Crippen LogP contribution in [0.25, 0.3) is 6.08 Å². The first-order valence-corrected chi connectivity index (χ1v) is 6.85. The van der Waals surface area contributed by atoms with Crippen LogP contribution in [0.5, 0.6) is 0 Å². The Morgan fingerprint density at radius 2 is 1.82 bits per heavy atom. The molecule has 0 aliphatic heterocycles. The summed E-state index contributed by atoms with van der Waals surface area (Å²) in [7, 11) is -3.25. The summed E-state index contributed by atoms with van der Waals surface area (Å²) in [5, 5.41) is 1.18. The summed E-state index contributed by atoms with van der Waals surface area (Å²) < 4.78 is 28.6. The summed E-state index contributed by atoms with van der Waals surface area (Å²) in [5.74, 6) is 0.534. The monoisotopic (exact) mass is 248 g/mol. The van der Waals surface area contributed by atoms with E-state index in [-0.39, 0.29) is 5.75 Å². The van der Waals surface area contributed by atoms with E-state index in [1.54, 1.807) is 24.3 Å². The van der Waals surface area contributed by atoms with Crippen molar-refractivity contribution in [3.63, 3.8) is 0 Å². The molecule has 1 aromatic carbocycles. The Labute approximate surface area is 100 Å². The van der Waals surface area contributed by atoms with E-state index in [4.69, 9.17) is 4.42 Å². The molecule has 4 heteroatoms. The van der Waals surface area contributed by atoms with E-state index in [9.17, 15) is 8.42 Å². The van der Waals surface area contributed by atoms with Crippen molar-refractivity contribution in [3.05, 3.63) is 65.5 Å². The molecule has 0 radical (unpaired) electrons. The summed E-state index contributed by atoms with van der Waals surface area (Å²) in [5.41, 5.74) is 0.775. The zero-order chi connectivity index (χ0) is 12.1. The largest absolute Gasteiger partial charge is 0.465 e. The van der Waals surface area contributed by atoms with Crippen molar-refractivity contribution < 1.29 is 12.8 Å². The summed E-state index contributed by atoms with van der Waals surface area (Å²) >= 11 is 0. The van der Waals surface area contributed by atoms with Gasteiger partial charge in [-0.25, -0.2) is 8.42 Å². The average Bonchev–Trinajstić information content (AvgIpc) is 2.80. The highest BCUT2D eigenvalue weighted by atomic mass is 32.2. The molecule has 0 aliphatic rings. The molecule has 1 heterocycles. The minimum absolute atomic E-state index is 0.00501. The van der Waals surface area contributed by atoms with Gasteiger partial charge in [-0.3, -0.25) is 0 Å². The lowest BCUT2D eigenvalue weighted by atomic mass is 10.2. The molecule has 88 valence electrons. The van der Waals surface area contributed by atoms with Crippen LogP contribution in [0.15, 0.2) is 58.6 Å². The van der Waals surface area contributed by atoms with Gasteiger partial charge in [0, 0.05) is 5.41 Å². The van der Waals surface area contributed by atoms with Gasteiger partial charge in [0.05, 0.1) is 12.0 Å². The second-order valence-electron chi connectivity index (χ2n) is 3.61. The Balaban J connectivity index is 2.10. The highest BCUT2D eigenvalue weighted by molar-refractivity contribution is 7.93. The summed E-state index contributed by atoms with van der Waals surface area (Å²) in [6.07, 6.45) is 2.96. The van der Waals surface area contributed by atoms with E-state index >= 15 is 0 Å². The van der Waals surface area contributed by atoms with Gasteiger partial charge in [-0.15, -0.1) is 0 Å². The van der Waals surface area contributed by atoms with Crippen molar-refractivity contribution in [2.24, 2.45) is 0 Å². The van der Waals surface area contributed by atoms with Crippen molar-refractivity contribution in [2.45, 2.75) is 5.75 Å². The van der Waals surface area contributed by atoms with Crippen LogP contribution in [0.3, 0.4) is 0 Å². The van der Waals surface area contributed by atoms with Crippen LogP contribution < -0.4 is 0 Å². The van der Waals surface area contributed by atoms with Gasteiger partial charge in [-0.2, -0.15) is 0 Å². The van der Waals surface area contributed by atoms with Gasteiger partial charge in [-0.05, 0) is 23.8 Å². The van der Waals surface area contributed by atoms with Crippen molar-refractivity contribution in [1.29, 1.82) is 0 Å². The Bertz CT molecular complexity index is 581.